The van der Waals surface area contributed by atoms with E-state index in [1.54, 1.807) is 30.0 Å². The Labute approximate surface area is 175 Å². The van der Waals surface area contributed by atoms with Crippen molar-refractivity contribution in [1.29, 1.82) is 0 Å². The summed E-state index contributed by atoms with van der Waals surface area (Å²) in [6.45, 7) is 3.66. The maximum absolute atomic E-state index is 12.9. The summed E-state index contributed by atoms with van der Waals surface area (Å²) < 4.78 is 0. The number of amides is 3. The van der Waals surface area contributed by atoms with Gasteiger partial charge in [0.05, 0.1) is 0 Å². The first-order valence-electron chi connectivity index (χ1n) is 9.73. The van der Waals surface area contributed by atoms with Crippen molar-refractivity contribution >= 4 is 40.9 Å². The van der Waals surface area contributed by atoms with Crippen molar-refractivity contribution in [2.45, 2.75) is 51.1 Å². The van der Waals surface area contributed by atoms with Gasteiger partial charge in [0.2, 0.25) is 11.8 Å². The minimum Gasteiger partial charge on any atom is -0.343 e. The summed E-state index contributed by atoms with van der Waals surface area (Å²) in [6, 6.07) is 3.45. The summed E-state index contributed by atoms with van der Waals surface area (Å²) in [4.78, 5) is 41.6. The van der Waals surface area contributed by atoms with Crippen LogP contribution in [0.4, 0.5) is 0 Å². The first kappa shape index (κ1) is 20.9. The molecule has 0 aromatic heterocycles. The van der Waals surface area contributed by atoms with Crippen LogP contribution in [-0.4, -0.2) is 59.2 Å². The zero-order valence-electron chi connectivity index (χ0n) is 15.9. The smallest absolute Gasteiger partial charge is 0.254 e. The lowest BCUT2D eigenvalue weighted by Crippen LogP contribution is -2.53. The van der Waals surface area contributed by atoms with Gasteiger partial charge in [-0.05, 0) is 57.2 Å². The molecule has 3 amide bonds. The van der Waals surface area contributed by atoms with E-state index in [4.69, 9.17) is 23.2 Å². The molecule has 1 N–H and O–H groups in total. The lowest BCUT2D eigenvalue weighted by atomic mass is 10.1. The molecule has 2 saturated heterocycles. The van der Waals surface area contributed by atoms with E-state index in [0.29, 0.717) is 28.6 Å². The molecule has 0 aliphatic carbocycles. The van der Waals surface area contributed by atoms with E-state index >= 15 is 0 Å². The van der Waals surface area contributed by atoms with Gasteiger partial charge in [0, 0.05) is 35.2 Å². The van der Waals surface area contributed by atoms with Crippen LogP contribution in [0.1, 0.15) is 49.4 Å². The van der Waals surface area contributed by atoms with Crippen LogP contribution in [0, 0.1) is 0 Å². The van der Waals surface area contributed by atoms with Gasteiger partial charge >= 0.3 is 0 Å². The summed E-state index contributed by atoms with van der Waals surface area (Å²) in [5.41, 5.74) is 0.356. The average Bonchev–Trinajstić information content (AvgIpc) is 3.16. The van der Waals surface area contributed by atoms with Gasteiger partial charge in [-0.15, -0.1) is 0 Å². The molecule has 0 unspecified atom stereocenters. The highest BCUT2D eigenvalue weighted by atomic mass is 35.5. The molecule has 6 nitrogen and oxygen atoms in total. The first-order chi connectivity index (χ1) is 13.4. The summed E-state index contributed by atoms with van der Waals surface area (Å²) in [5.74, 6) is -0.639. The molecule has 0 saturated carbocycles. The Balaban J connectivity index is 1.65. The number of nitrogens with zero attached hydrogens (tertiary/aromatic N) is 2. The number of hydrogen-bond donors (Lipinski definition) is 1. The van der Waals surface area contributed by atoms with Gasteiger partial charge in [-0.3, -0.25) is 14.4 Å². The van der Waals surface area contributed by atoms with Crippen molar-refractivity contribution in [2.75, 3.05) is 19.6 Å². The molecular formula is C20H25Cl2N3O3. The van der Waals surface area contributed by atoms with Crippen LogP contribution < -0.4 is 5.32 Å². The number of piperidine rings is 1. The third-order valence-electron chi connectivity index (χ3n) is 5.32. The van der Waals surface area contributed by atoms with Gasteiger partial charge in [-0.1, -0.05) is 23.2 Å². The highest BCUT2D eigenvalue weighted by Gasteiger charge is 2.36. The lowest BCUT2D eigenvalue weighted by Gasteiger charge is -2.30. The van der Waals surface area contributed by atoms with Crippen molar-refractivity contribution < 1.29 is 14.4 Å². The molecule has 0 bridgehead atoms. The van der Waals surface area contributed by atoms with Crippen LogP contribution in [0.3, 0.4) is 0 Å². The highest BCUT2D eigenvalue weighted by molar-refractivity contribution is 6.35. The molecular weight excluding hydrogens is 401 g/mol. The van der Waals surface area contributed by atoms with Crippen LogP contribution in [0.5, 0.6) is 0 Å². The van der Waals surface area contributed by atoms with Crippen molar-refractivity contribution in [1.82, 2.24) is 15.1 Å². The molecule has 0 radical (unpaired) electrons. The summed E-state index contributed by atoms with van der Waals surface area (Å²) >= 11 is 12.0. The van der Waals surface area contributed by atoms with Gasteiger partial charge in [-0.25, -0.2) is 0 Å². The van der Waals surface area contributed by atoms with Gasteiger partial charge in [0.25, 0.3) is 5.91 Å². The van der Waals surface area contributed by atoms with E-state index in [1.807, 2.05) is 0 Å². The summed E-state index contributed by atoms with van der Waals surface area (Å²) in [6.07, 6.45) is 4.43. The van der Waals surface area contributed by atoms with Crippen molar-refractivity contribution in [2.24, 2.45) is 0 Å². The first-order valence-corrected chi connectivity index (χ1v) is 10.5. The molecule has 3 rings (SSSR count). The third kappa shape index (κ3) is 4.78. The topological polar surface area (TPSA) is 69.7 Å². The molecule has 0 spiro atoms. The minimum atomic E-state index is -0.608. The van der Waals surface area contributed by atoms with E-state index in [2.05, 4.69) is 5.32 Å². The predicted molar refractivity (Wildman–Crippen MR) is 109 cm³/mol. The number of rotatable bonds is 4. The number of carbonyl (C=O) groups excluding carboxylic acids is 3. The Hall–Kier alpha value is -1.79. The van der Waals surface area contributed by atoms with Gasteiger partial charge in [-0.2, -0.15) is 0 Å². The molecule has 2 heterocycles. The zero-order chi connectivity index (χ0) is 20.3. The standard InChI is InChI=1S/C20H25Cl2N3O3/c1-13(19(27)24-7-3-2-4-8-24)23-18(26)17-6-5-9-25(17)20(28)14-10-15(21)12-16(22)11-14/h10-13,17H,2-9H2,1H3,(H,23,26)/t13-,17-/m1/s1. The fourth-order valence-corrected chi connectivity index (χ4v) is 4.41. The Kier molecular flexibility index (Phi) is 6.83. The number of nitrogens with one attached hydrogen (secondary N) is 1. The monoisotopic (exact) mass is 425 g/mol. The van der Waals surface area contributed by atoms with Crippen LogP contribution in [0.2, 0.25) is 10.0 Å². The van der Waals surface area contributed by atoms with E-state index in [9.17, 15) is 14.4 Å². The zero-order valence-corrected chi connectivity index (χ0v) is 17.4. The largest absolute Gasteiger partial charge is 0.343 e. The highest BCUT2D eigenvalue weighted by Crippen LogP contribution is 2.24. The predicted octanol–water partition coefficient (Wildman–Crippen LogP) is 3.12. The number of benzene rings is 1. The van der Waals surface area contributed by atoms with Crippen molar-refractivity contribution in [3.63, 3.8) is 0 Å². The van der Waals surface area contributed by atoms with E-state index < -0.39 is 12.1 Å². The summed E-state index contributed by atoms with van der Waals surface area (Å²) in [7, 11) is 0. The molecule has 2 aliphatic heterocycles. The Morgan fingerprint density at radius 1 is 1.00 bits per heavy atom. The van der Waals surface area contributed by atoms with Crippen LogP contribution >= 0.6 is 23.2 Å². The molecule has 8 heteroatoms. The fourth-order valence-electron chi connectivity index (χ4n) is 3.88. The second kappa shape index (κ2) is 9.14. The Morgan fingerprint density at radius 3 is 2.29 bits per heavy atom. The van der Waals surface area contributed by atoms with Gasteiger partial charge in [0.1, 0.15) is 12.1 Å². The molecule has 1 aromatic rings. The quantitative estimate of drug-likeness (QED) is 0.805. The van der Waals surface area contributed by atoms with Crippen LogP contribution in [0.15, 0.2) is 18.2 Å². The molecule has 2 fully saturated rings. The molecule has 152 valence electrons. The van der Waals surface area contributed by atoms with E-state index in [-0.39, 0.29) is 17.7 Å². The van der Waals surface area contributed by atoms with Crippen LogP contribution in [0.25, 0.3) is 0 Å². The average molecular weight is 426 g/mol. The lowest BCUT2D eigenvalue weighted by molar-refractivity contribution is -0.137. The van der Waals surface area contributed by atoms with Crippen LogP contribution in [-0.2, 0) is 9.59 Å². The molecule has 1 aromatic carbocycles. The Morgan fingerprint density at radius 2 is 1.64 bits per heavy atom. The molecule has 28 heavy (non-hydrogen) atoms. The van der Waals surface area contributed by atoms with Crippen molar-refractivity contribution in [3.8, 4) is 0 Å². The SMILES string of the molecule is C[C@@H](NC(=O)[C@H]1CCCN1C(=O)c1cc(Cl)cc(Cl)c1)C(=O)N1CCCCC1. The molecule has 2 aliphatic rings. The number of likely N-dealkylation sites (tertiary alicyclic amines) is 2. The molecule has 2 atom stereocenters. The fraction of sp³-hybridized carbons (Fsp3) is 0.550. The summed E-state index contributed by atoms with van der Waals surface area (Å²) in [5, 5.41) is 3.55. The minimum absolute atomic E-state index is 0.0643. The number of halogens is 2. The van der Waals surface area contributed by atoms with Gasteiger partial charge < -0.3 is 15.1 Å². The van der Waals surface area contributed by atoms with E-state index in [1.165, 1.54) is 4.90 Å². The van der Waals surface area contributed by atoms with Crippen molar-refractivity contribution in [3.05, 3.63) is 33.8 Å². The second-order valence-electron chi connectivity index (χ2n) is 7.43. The van der Waals surface area contributed by atoms with Gasteiger partial charge in [0.15, 0.2) is 0 Å². The number of carbonyl (C=O) groups is 3. The maximum Gasteiger partial charge on any atom is 0.254 e. The second-order valence-corrected chi connectivity index (χ2v) is 8.30. The normalized spacial score (nSPS) is 20.8. The third-order valence-corrected chi connectivity index (χ3v) is 5.76. The Bertz CT molecular complexity index is 745. The number of hydrogen-bond acceptors (Lipinski definition) is 3. The van der Waals surface area contributed by atoms with E-state index in [0.717, 1.165) is 38.8 Å². The maximum atomic E-state index is 12.9.